The van der Waals surface area contributed by atoms with E-state index in [1.165, 1.54) is 59.4 Å². The lowest BCUT2D eigenvalue weighted by atomic mass is 10.0. The molecule has 0 radical (unpaired) electrons. The first-order chi connectivity index (χ1) is 16.0. The Morgan fingerprint density at radius 2 is 1.94 bits per heavy atom. The van der Waals surface area contributed by atoms with E-state index in [0.29, 0.717) is 11.3 Å². The average molecular weight is 455 g/mol. The molecule has 4 aromatic rings. The van der Waals surface area contributed by atoms with Crippen LogP contribution in [0.25, 0.3) is 22.5 Å². The quantitative estimate of drug-likeness (QED) is 0.380. The van der Waals surface area contributed by atoms with Gasteiger partial charge in [-0.3, -0.25) is 14.6 Å². The van der Waals surface area contributed by atoms with E-state index in [-0.39, 0.29) is 23.4 Å². The SMILES string of the molecule is O=C(N[C@H](Cn1cccn1)[C@H](F)CO)c1cccc(F)c1-c1cc(-c2ccc(F)cc2)n[nH]1. The number of halogens is 3. The molecule has 2 aromatic heterocycles. The number of aliphatic hydroxyl groups excluding tert-OH is 1. The number of carbonyl (C=O) groups excluding carboxylic acids is 1. The zero-order valence-corrected chi connectivity index (χ0v) is 17.3. The van der Waals surface area contributed by atoms with Crippen LogP contribution in [0.15, 0.2) is 67.0 Å². The molecular formula is C23H20F3N5O2. The molecule has 170 valence electrons. The molecule has 10 heteroatoms. The standard InChI is InChI=1S/C23H20F3N5O2/c24-15-7-5-14(6-8-15)19-11-20(30-29-19)22-16(3-1-4-17(22)25)23(33)28-21(18(26)13-32)12-31-10-2-9-27-31/h1-11,18,21,32H,12-13H2,(H,28,33)(H,29,30)/t18-,21-/m1/s1. The molecule has 7 nitrogen and oxygen atoms in total. The van der Waals surface area contributed by atoms with Gasteiger partial charge < -0.3 is 10.4 Å². The molecule has 2 heterocycles. The number of aliphatic hydroxyl groups is 1. The highest BCUT2D eigenvalue weighted by atomic mass is 19.1. The number of nitrogens with one attached hydrogen (secondary N) is 2. The summed E-state index contributed by atoms with van der Waals surface area (Å²) < 4.78 is 43.8. The fourth-order valence-electron chi connectivity index (χ4n) is 3.44. The number of aromatic amines is 1. The van der Waals surface area contributed by atoms with Crippen LogP contribution < -0.4 is 5.32 Å². The van der Waals surface area contributed by atoms with Gasteiger partial charge in [0.25, 0.3) is 5.91 Å². The van der Waals surface area contributed by atoms with Crippen LogP contribution in [0, 0.1) is 11.6 Å². The topological polar surface area (TPSA) is 95.8 Å². The van der Waals surface area contributed by atoms with Crippen molar-refractivity contribution in [3.63, 3.8) is 0 Å². The Bertz CT molecular complexity index is 1230. The molecule has 33 heavy (non-hydrogen) atoms. The van der Waals surface area contributed by atoms with Crippen molar-refractivity contribution in [3.8, 4) is 22.5 Å². The monoisotopic (exact) mass is 455 g/mol. The molecule has 0 aliphatic heterocycles. The zero-order valence-electron chi connectivity index (χ0n) is 17.3. The maximum Gasteiger partial charge on any atom is 0.252 e. The summed E-state index contributed by atoms with van der Waals surface area (Å²) in [5.74, 6) is -1.81. The Labute approximate surface area is 186 Å². The number of nitrogens with zero attached hydrogens (tertiary/aromatic N) is 3. The minimum atomic E-state index is -1.76. The molecule has 0 aliphatic carbocycles. The van der Waals surface area contributed by atoms with Gasteiger partial charge in [0.2, 0.25) is 0 Å². The molecule has 0 aliphatic rings. The first kappa shape index (κ1) is 22.3. The van der Waals surface area contributed by atoms with Crippen LogP contribution in [-0.2, 0) is 6.54 Å². The Balaban J connectivity index is 1.63. The second kappa shape index (κ2) is 9.70. The Morgan fingerprint density at radius 1 is 1.15 bits per heavy atom. The van der Waals surface area contributed by atoms with E-state index in [1.807, 2.05) is 0 Å². The Kier molecular flexibility index (Phi) is 6.55. The summed E-state index contributed by atoms with van der Waals surface area (Å²) in [5, 5.41) is 22.6. The van der Waals surface area contributed by atoms with Gasteiger partial charge in [0.15, 0.2) is 0 Å². The van der Waals surface area contributed by atoms with Crippen LogP contribution in [0.5, 0.6) is 0 Å². The van der Waals surface area contributed by atoms with Crippen molar-refractivity contribution in [1.82, 2.24) is 25.3 Å². The minimum Gasteiger partial charge on any atom is -0.393 e. The van der Waals surface area contributed by atoms with Gasteiger partial charge in [0.1, 0.15) is 17.8 Å². The molecule has 1 amide bonds. The predicted octanol–water partition coefficient (Wildman–Crippen LogP) is 3.35. The lowest BCUT2D eigenvalue weighted by Crippen LogP contribution is -2.46. The smallest absolute Gasteiger partial charge is 0.252 e. The minimum absolute atomic E-state index is 0.0239. The van der Waals surface area contributed by atoms with Gasteiger partial charge in [-0.1, -0.05) is 6.07 Å². The summed E-state index contributed by atoms with van der Waals surface area (Å²) in [5.41, 5.74) is 1.16. The van der Waals surface area contributed by atoms with E-state index >= 15 is 0 Å². The van der Waals surface area contributed by atoms with Crippen molar-refractivity contribution < 1.29 is 23.1 Å². The number of carbonyl (C=O) groups is 1. The van der Waals surface area contributed by atoms with Crippen LogP contribution in [0.4, 0.5) is 13.2 Å². The second-order valence-corrected chi connectivity index (χ2v) is 7.34. The van der Waals surface area contributed by atoms with Crippen LogP contribution in [0.1, 0.15) is 10.4 Å². The van der Waals surface area contributed by atoms with Crippen molar-refractivity contribution >= 4 is 5.91 Å². The second-order valence-electron chi connectivity index (χ2n) is 7.34. The number of benzene rings is 2. The van der Waals surface area contributed by atoms with E-state index in [4.69, 9.17) is 0 Å². The van der Waals surface area contributed by atoms with Crippen molar-refractivity contribution in [2.75, 3.05) is 6.61 Å². The highest BCUT2D eigenvalue weighted by Crippen LogP contribution is 2.29. The van der Waals surface area contributed by atoms with Gasteiger partial charge in [-0.2, -0.15) is 10.2 Å². The normalized spacial score (nSPS) is 13.0. The number of alkyl halides is 1. The van der Waals surface area contributed by atoms with Crippen molar-refractivity contribution in [2.45, 2.75) is 18.8 Å². The van der Waals surface area contributed by atoms with Gasteiger partial charge in [0.05, 0.1) is 36.1 Å². The molecule has 3 N–H and O–H groups in total. The van der Waals surface area contributed by atoms with Crippen LogP contribution >= 0.6 is 0 Å². The molecule has 0 unspecified atom stereocenters. The molecule has 0 spiro atoms. The lowest BCUT2D eigenvalue weighted by Gasteiger charge is -2.22. The van der Waals surface area contributed by atoms with Gasteiger partial charge in [-0.15, -0.1) is 0 Å². The highest BCUT2D eigenvalue weighted by molar-refractivity contribution is 6.01. The van der Waals surface area contributed by atoms with Crippen molar-refractivity contribution in [1.29, 1.82) is 0 Å². The number of hydrogen-bond acceptors (Lipinski definition) is 4. The Hall–Kier alpha value is -3.92. The molecule has 0 fully saturated rings. The summed E-state index contributed by atoms with van der Waals surface area (Å²) in [6, 6.07) is 11.7. The molecule has 0 saturated heterocycles. The van der Waals surface area contributed by atoms with Crippen LogP contribution in [-0.4, -0.2) is 49.8 Å². The van der Waals surface area contributed by atoms with Crippen molar-refractivity contribution in [3.05, 3.63) is 84.2 Å². The first-order valence-electron chi connectivity index (χ1n) is 10.1. The maximum atomic E-state index is 14.8. The van der Waals surface area contributed by atoms with E-state index in [2.05, 4.69) is 20.6 Å². The number of H-pyrrole nitrogens is 1. The summed E-state index contributed by atoms with van der Waals surface area (Å²) in [7, 11) is 0. The van der Waals surface area contributed by atoms with Gasteiger partial charge in [-0.25, -0.2) is 13.2 Å². The molecule has 0 bridgehead atoms. The lowest BCUT2D eigenvalue weighted by molar-refractivity contribution is 0.0850. The number of rotatable bonds is 8. The average Bonchev–Trinajstić information content (AvgIpc) is 3.51. The summed E-state index contributed by atoms with van der Waals surface area (Å²) >= 11 is 0. The molecule has 0 saturated carbocycles. The summed E-state index contributed by atoms with van der Waals surface area (Å²) in [6.45, 7) is -0.826. The fraction of sp³-hybridized carbons (Fsp3) is 0.174. The Morgan fingerprint density at radius 3 is 2.64 bits per heavy atom. The first-order valence-corrected chi connectivity index (χ1v) is 10.1. The summed E-state index contributed by atoms with van der Waals surface area (Å²) in [6.07, 6.45) is 1.35. The molecule has 4 rings (SSSR count). The number of amides is 1. The fourth-order valence-corrected chi connectivity index (χ4v) is 3.44. The maximum absolute atomic E-state index is 14.8. The third-order valence-electron chi connectivity index (χ3n) is 5.12. The number of hydrogen-bond donors (Lipinski definition) is 3. The molecule has 2 aromatic carbocycles. The van der Waals surface area contributed by atoms with Gasteiger partial charge in [-0.05, 0) is 48.5 Å². The van der Waals surface area contributed by atoms with Crippen LogP contribution in [0.3, 0.4) is 0 Å². The zero-order chi connectivity index (χ0) is 23.4. The van der Waals surface area contributed by atoms with Crippen LogP contribution in [0.2, 0.25) is 0 Å². The van der Waals surface area contributed by atoms with Crippen molar-refractivity contribution in [2.24, 2.45) is 0 Å². The van der Waals surface area contributed by atoms with E-state index in [1.54, 1.807) is 12.3 Å². The largest absolute Gasteiger partial charge is 0.393 e. The third kappa shape index (κ3) is 4.96. The van der Waals surface area contributed by atoms with E-state index in [0.717, 1.165) is 0 Å². The molecular weight excluding hydrogens is 435 g/mol. The van der Waals surface area contributed by atoms with E-state index in [9.17, 15) is 23.1 Å². The molecule has 2 atom stereocenters. The van der Waals surface area contributed by atoms with E-state index < -0.39 is 36.4 Å². The third-order valence-corrected chi connectivity index (χ3v) is 5.12. The van der Waals surface area contributed by atoms with Gasteiger partial charge in [0, 0.05) is 23.5 Å². The predicted molar refractivity (Wildman–Crippen MR) is 115 cm³/mol. The highest BCUT2D eigenvalue weighted by Gasteiger charge is 2.26. The van der Waals surface area contributed by atoms with Gasteiger partial charge >= 0.3 is 0 Å². The number of aromatic nitrogens is 4. The summed E-state index contributed by atoms with van der Waals surface area (Å²) in [4.78, 5) is 13.0.